The van der Waals surface area contributed by atoms with Gasteiger partial charge in [-0.15, -0.1) is 6.42 Å². The van der Waals surface area contributed by atoms with Gasteiger partial charge in [-0.05, 0) is 49.4 Å². The number of rotatable bonds is 5. The largest absolute Gasteiger partial charge is 0.244 e. The van der Waals surface area contributed by atoms with Crippen LogP contribution in [0.5, 0.6) is 0 Å². The van der Waals surface area contributed by atoms with Crippen molar-refractivity contribution < 1.29 is 8.42 Å². The third kappa shape index (κ3) is 3.01. The van der Waals surface area contributed by atoms with Crippen LogP contribution in [0.15, 0.2) is 23.1 Å². The Morgan fingerprint density at radius 3 is 2.65 bits per heavy atom. The van der Waals surface area contributed by atoms with Crippen LogP contribution < -0.4 is 0 Å². The van der Waals surface area contributed by atoms with E-state index in [9.17, 15) is 8.42 Å². The first-order chi connectivity index (χ1) is 9.48. The highest BCUT2D eigenvalue weighted by Gasteiger charge is 2.31. The van der Waals surface area contributed by atoms with Gasteiger partial charge in [-0.3, -0.25) is 0 Å². The zero-order chi connectivity index (χ0) is 14.8. The molecule has 104 valence electrons. The van der Waals surface area contributed by atoms with E-state index in [-0.39, 0.29) is 11.4 Å². The molecule has 0 saturated heterocycles. The molecule has 2 rings (SSSR count). The molecule has 5 heteroatoms. The molecule has 0 heterocycles. The van der Waals surface area contributed by atoms with E-state index in [4.69, 9.17) is 11.7 Å². The first kappa shape index (κ1) is 14.6. The van der Waals surface area contributed by atoms with Crippen molar-refractivity contribution in [1.82, 2.24) is 4.31 Å². The molecule has 0 unspecified atom stereocenters. The van der Waals surface area contributed by atoms with Crippen LogP contribution in [0.25, 0.3) is 0 Å². The lowest BCUT2D eigenvalue weighted by Gasteiger charge is -2.20. The zero-order valence-corrected chi connectivity index (χ0v) is 12.2. The Hall–Kier alpha value is -1.82. The number of hydrogen-bond acceptors (Lipinski definition) is 3. The van der Waals surface area contributed by atoms with Crippen molar-refractivity contribution in [2.24, 2.45) is 5.92 Å². The Morgan fingerprint density at radius 2 is 2.15 bits per heavy atom. The molecule has 1 aromatic rings. The van der Waals surface area contributed by atoms with Crippen LogP contribution >= 0.6 is 0 Å². The fraction of sp³-hybridized carbons (Fsp3) is 0.400. The first-order valence-electron chi connectivity index (χ1n) is 6.43. The lowest BCUT2D eigenvalue weighted by molar-refractivity contribution is 0.430. The molecule has 0 aromatic heterocycles. The van der Waals surface area contributed by atoms with Crippen LogP contribution in [0.2, 0.25) is 0 Å². The Bertz CT molecular complexity index is 692. The van der Waals surface area contributed by atoms with Crippen molar-refractivity contribution in [2.75, 3.05) is 13.1 Å². The molecular formula is C15H16N2O2S. The van der Waals surface area contributed by atoms with E-state index in [1.165, 1.54) is 16.4 Å². The minimum Gasteiger partial charge on any atom is -0.207 e. The maximum absolute atomic E-state index is 12.7. The van der Waals surface area contributed by atoms with Gasteiger partial charge in [0.25, 0.3) is 0 Å². The summed E-state index contributed by atoms with van der Waals surface area (Å²) in [4.78, 5) is 0.229. The van der Waals surface area contributed by atoms with Crippen LogP contribution in [-0.4, -0.2) is 25.8 Å². The first-order valence-corrected chi connectivity index (χ1v) is 7.87. The molecule has 0 aliphatic heterocycles. The van der Waals surface area contributed by atoms with Crippen molar-refractivity contribution >= 4 is 10.0 Å². The molecule has 0 radical (unpaired) electrons. The number of aryl methyl sites for hydroxylation is 1. The molecule has 1 aliphatic rings. The third-order valence-electron chi connectivity index (χ3n) is 3.35. The summed E-state index contributed by atoms with van der Waals surface area (Å²) in [7, 11) is -3.59. The van der Waals surface area contributed by atoms with Crippen LogP contribution in [-0.2, 0) is 10.0 Å². The second-order valence-electron chi connectivity index (χ2n) is 5.04. The Morgan fingerprint density at radius 1 is 1.45 bits per heavy atom. The molecule has 0 bridgehead atoms. The van der Waals surface area contributed by atoms with Crippen LogP contribution in [0, 0.1) is 36.5 Å². The molecule has 0 N–H and O–H groups in total. The average Bonchev–Trinajstić information content (AvgIpc) is 3.21. The topological polar surface area (TPSA) is 61.2 Å². The summed E-state index contributed by atoms with van der Waals surface area (Å²) >= 11 is 0. The second kappa shape index (κ2) is 5.66. The van der Waals surface area contributed by atoms with Crippen LogP contribution in [0.3, 0.4) is 0 Å². The predicted molar refractivity (Wildman–Crippen MR) is 76.2 cm³/mol. The van der Waals surface area contributed by atoms with Gasteiger partial charge in [0, 0.05) is 6.54 Å². The number of benzene rings is 1. The maximum atomic E-state index is 12.7. The summed E-state index contributed by atoms with van der Waals surface area (Å²) < 4.78 is 26.7. The van der Waals surface area contributed by atoms with E-state index in [2.05, 4.69) is 5.92 Å². The number of sulfonamides is 1. The van der Waals surface area contributed by atoms with E-state index in [0.29, 0.717) is 23.6 Å². The van der Waals surface area contributed by atoms with Gasteiger partial charge in [-0.2, -0.15) is 9.57 Å². The van der Waals surface area contributed by atoms with Crippen molar-refractivity contribution in [3.05, 3.63) is 29.3 Å². The molecule has 1 saturated carbocycles. The minimum absolute atomic E-state index is 0.0816. The van der Waals surface area contributed by atoms with E-state index in [1.54, 1.807) is 13.0 Å². The molecule has 0 atom stereocenters. The molecule has 0 amide bonds. The molecular weight excluding hydrogens is 272 g/mol. The number of terminal acetylenes is 1. The standard InChI is InChI=1S/C15H16N2O2S/c1-3-8-17(11-13-4-5-13)20(18,19)15-7-6-14(10-16)9-12(15)2/h1,6-7,9,13H,4-5,8,11H2,2H3. The Balaban J connectivity index is 2.36. The smallest absolute Gasteiger partial charge is 0.207 e. The monoisotopic (exact) mass is 288 g/mol. The summed E-state index contributed by atoms with van der Waals surface area (Å²) in [6.07, 6.45) is 7.40. The molecule has 1 aromatic carbocycles. The van der Waals surface area contributed by atoms with Gasteiger partial charge in [0.2, 0.25) is 10.0 Å². The van der Waals surface area contributed by atoms with Gasteiger partial charge in [0.05, 0.1) is 23.1 Å². The van der Waals surface area contributed by atoms with Gasteiger partial charge in [0.1, 0.15) is 0 Å². The van der Waals surface area contributed by atoms with Crippen molar-refractivity contribution in [3.63, 3.8) is 0 Å². The summed E-state index contributed by atoms with van der Waals surface area (Å²) in [5, 5.41) is 8.84. The molecule has 20 heavy (non-hydrogen) atoms. The highest BCUT2D eigenvalue weighted by Crippen LogP contribution is 2.32. The normalized spacial score (nSPS) is 14.8. The summed E-state index contributed by atoms with van der Waals surface area (Å²) in [5.41, 5.74) is 1.02. The highest BCUT2D eigenvalue weighted by molar-refractivity contribution is 7.89. The van der Waals surface area contributed by atoms with Gasteiger partial charge in [-0.25, -0.2) is 8.42 Å². The van der Waals surface area contributed by atoms with Crippen LogP contribution in [0.4, 0.5) is 0 Å². The zero-order valence-electron chi connectivity index (χ0n) is 11.3. The summed E-state index contributed by atoms with van der Waals surface area (Å²) in [6, 6.07) is 6.59. The lowest BCUT2D eigenvalue weighted by Crippen LogP contribution is -2.33. The fourth-order valence-corrected chi connectivity index (χ4v) is 3.72. The Labute approximate surface area is 120 Å². The predicted octanol–water partition coefficient (Wildman–Crippen LogP) is 1.90. The van der Waals surface area contributed by atoms with E-state index in [1.807, 2.05) is 6.07 Å². The molecule has 1 fully saturated rings. The number of nitrogens with zero attached hydrogens (tertiary/aromatic N) is 2. The van der Waals surface area contributed by atoms with Crippen molar-refractivity contribution in [3.8, 4) is 18.4 Å². The minimum atomic E-state index is -3.59. The summed E-state index contributed by atoms with van der Waals surface area (Å²) in [6.45, 7) is 2.25. The quantitative estimate of drug-likeness (QED) is 0.777. The van der Waals surface area contributed by atoms with Gasteiger partial charge < -0.3 is 0 Å². The third-order valence-corrected chi connectivity index (χ3v) is 5.32. The molecule has 0 spiro atoms. The second-order valence-corrected chi connectivity index (χ2v) is 6.94. The average molecular weight is 288 g/mol. The van der Waals surface area contributed by atoms with Gasteiger partial charge >= 0.3 is 0 Å². The Kier molecular flexibility index (Phi) is 4.13. The molecule has 4 nitrogen and oxygen atoms in total. The molecule has 1 aliphatic carbocycles. The fourth-order valence-electron chi connectivity index (χ4n) is 2.09. The van der Waals surface area contributed by atoms with Crippen molar-refractivity contribution in [2.45, 2.75) is 24.7 Å². The van der Waals surface area contributed by atoms with E-state index >= 15 is 0 Å². The van der Waals surface area contributed by atoms with E-state index < -0.39 is 10.0 Å². The number of hydrogen-bond donors (Lipinski definition) is 0. The van der Waals surface area contributed by atoms with Crippen molar-refractivity contribution in [1.29, 1.82) is 5.26 Å². The number of nitriles is 1. The van der Waals surface area contributed by atoms with Crippen LogP contribution in [0.1, 0.15) is 24.0 Å². The maximum Gasteiger partial charge on any atom is 0.244 e. The van der Waals surface area contributed by atoms with Gasteiger partial charge in [0.15, 0.2) is 0 Å². The SMILES string of the molecule is C#CCN(CC1CC1)S(=O)(=O)c1ccc(C#N)cc1C. The van der Waals surface area contributed by atoms with E-state index in [0.717, 1.165) is 12.8 Å². The van der Waals surface area contributed by atoms with Gasteiger partial charge in [-0.1, -0.05) is 5.92 Å². The highest BCUT2D eigenvalue weighted by atomic mass is 32.2. The summed E-state index contributed by atoms with van der Waals surface area (Å²) in [5.74, 6) is 2.84. The lowest BCUT2D eigenvalue weighted by atomic mass is 10.2.